The maximum Gasteiger partial charge on any atom is 0.241 e. The van der Waals surface area contributed by atoms with Gasteiger partial charge in [0.2, 0.25) is 5.91 Å². The third-order valence-corrected chi connectivity index (χ3v) is 1.99. The molecule has 5 heteroatoms. The van der Waals surface area contributed by atoms with E-state index in [1.165, 1.54) is 7.11 Å². The number of carbonyl (C=O) groups is 1. The predicted molar refractivity (Wildman–Crippen MR) is 47.0 cm³/mol. The van der Waals surface area contributed by atoms with Gasteiger partial charge in [-0.05, 0) is 6.92 Å². The largest absolute Gasteiger partial charge is 0.378 e. The smallest absolute Gasteiger partial charge is 0.241 e. The van der Waals surface area contributed by atoms with E-state index < -0.39 is 0 Å². The molecule has 1 rings (SSSR count). The molecule has 1 unspecified atom stereocenters. The first-order valence-electron chi connectivity index (χ1n) is 4.40. The lowest BCUT2D eigenvalue weighted by atomic mass is 10.3. The first-order valence-corrected chi connectivity index (χ1v) is 4.40. The highest BCUT2D eigenvalue weighted by Gasteiger charge is 2.21. The molecular weight excluding hydrogens is 172 g/mol. The number of rotatable bonds is 3. The van der Waals surface area contributed by atoms with Crippen molar-refractivity contribution in [1.29, 1.82) is 0 Å². The molecule has 13 heavy (non-hydrogen) atoms. The summed E-state index contributed by atoms with van der Waals surface area (Å²) in [5, 5.41) is 0. The Morgan fingerprint density at radius 1 is 1.54 bits per heavy atom. The van der Waals surface area contributed by atoms with E-state index in [0.717, 1.165) is 0 Å². The van der Waals surface area contributed by atoms with Crippen LogP contribution in [0.5, 0.6) is 0 Å². The Labute approximate surface area is 77.9 Å². The standard InChI is InChI=1S/C8H16N2O3/c1-7(9-12-2)8(11)10-3-5-13-6-4-10/h7,9H,3-6H2,1-2H3. The molecule has 1 atom stereocenters. The summed E-state index contributed by atoms with van der Waals surface area (Å²) in [6, 6.07) is -0.289. The Kier molecular flexibility index (Phi) is 4.14. The fraction of sp³-hybridized carbons (Fsp3) is 0.875. The third kappa shape index (κ3) is 2.95. The topological polar surface area (TPSA) is 50.8 Å². The molecule has 1 fully saturated rings. The van der Waals surface area contributed by atoms with Gasteiger partial charge in [-0.15, -0.1) is 0 Å². The van der Waals surface area contributed by atoms with E-state index in [0.29, 0.717) is 26.3 Å². The SMILES string of the molecule is CONC(C)C(=O)N1CCOCC1. The molecule has 0 radical (unpaired) electrons. The van der Waals surface area contributed by atoms with Crippen LogP contribution in [0.15, 0.2) is 0 Å². The van der Waals surface area contributed by atoms with Crippen molar-refractivity contribution in [3.63, 3.8) is 0 Å². The Morgan fingerprint density at radius 3 is 2.69 bits per heavy atom. The maximum atomic E-state index is 11.6. The normalized spacial score (nSPS) is 20.0. The fourth-order valence-corrected chi connectivity index (χ4v) is 1.28. The summed E-state index contributed by atoms with van der Waals surface area (Å²) < 4.78 is 5.14. The summed E-state index contributed by atoms with van der Waals surface area (Å²) in [5.41, 5.74) is 2.61. The molecule has 0 aromatic heterocycles. The molecule has 1 aliphatic rings. The molecule has 0 spiro atoms. The van der Waals surface area contributed by atoms with Crippen molar-refractivity contribution in [2.45, 2.75) is 13.0 Å². The second kappa shape index (κ2) is 5.16. The fourth-order valence-electron chi connectivity index (χ4n) is 1.28. The van der Waals surface area contributed by atoms with Gasteiger partial charge in [0, 0.05) is 13.1 Å². The molecule has 0 bridgehead atoms. The second-order valence-electron chi connectivity index (χ2n) is 2.98. The number of hydrogen-bond donors (Lipinski definition) is 1. The van der Waals surface area contributed by atoms with Gasteiger partial charge in [-0.3, -0.25) is 4.79 Å². The number of nitrogens with zero attached hydrogens (tertiary/aromatic N) is 1. The molecule has 5 nitrogen and oxygen atoms in total. The zero-order valence-corrected chi connectivity index (χ0v) is 8.08. The molecule has 1 heterocycles. The molecular formula is C8H16N2O3. The van der Waals surface area contributed by atoms with Crippen molar-refractivity contribution >= 4 is 5.91 Å². The van der Waals surface area contributed by atoms with Crippen molar-refractivity contribution in [1.82, 2.24) is 10.4 Å². The number of hydroxylamine groups is 1. The van der Waals surface area contributed by atoms with Gasteiger partial charge < -0.3 is 14.5 Å². The molecule has 0 aliphatic carbocycles. The number of hydrogen-bond acceptors (Lipinski definition) is 4. The van der Waals surface area contributed by atoms with Crippen LogP contribution in [0.4, 0.5) is 0 Å². The minimum atomic E-state index is -0.289. The summed E-state index contributed by atoms with van der Waals surface area (Å²) in [7, 11) is 1.50. The van der Waals surface area contributed by atoms with Crippen molar-refractivity contribution < 1.29 is 14.4 Å². The number of morpholine rings is 1. The van der Waals surface area contributed by atoms with Crippen LogP contribution in [0.3, 0.4) is 0 Å². The average Bonchev–Trinajstić information content (AvgIpc) is 2.18. The van der Waals surface area contributed by atoms with Gasteiger partial charge in [0.1, 0.15) is 6.04 Å². The van der Waals surface area contributed by atoms with E-state index in [-0.39, 0.29) is 11.9 Å². The Balaban J connectivity index is 2.36. The van der Waals surface area contributed by atoms with E-state index in [2.05, 4.69) is 10.3 Å². The quantitative estimate of drug-likeness (QED) is 0.600. The number of ether oxygens (including phenoxy) is 1. The summed E-state index contributed by atoms with van der Waals surface area (Å²) in [4.78, 5) is 18.1. The van der Waals surface area contributed by atoms with E-state index in [1.54, 1.807) is 11.8 Å². The van der Waals surface area contributed by atoms with Crippen LogP contribution >= 0.6 is 0 Å². The average molecular weight is 188 g/mol. The lowest BCUT2D eigenvalue weighted by molar-refractivity contribution is -0.140. The molecule has 1 N–H and O–H groups in total. The predicted octanol–water partition coefficient (Wildman–Crippen LogP) is -0.615. The van der Waals surface area contributed by atoms with Gasteiger partial charge >= 0.3 is 0 Å². The highest BCUT2D eigenvalue weighted by Crippen LogP contribution is 2.00. The lowest BCUT2D eigenvalue weighted by Gasteiger charge is -2.29. The molecule has 0 aromatic rings. The van der Waals surface area contributed by atoms with Gasteiger partial charge in [-0.1, -0.05) is 0 Å². The molecule has 0 saturated carbocycles. The number of nitrogens with one attached hydrogen (secondary N) is 1. The Morgan fingerprint density at radius 2 is 2.15 bits per heavy atom. The van der Waals surface area contributed by atoms with Crippen molar-refractivity contribution in [3.05, 3.63) is 0 Å². The highest BCUT2D eigenvalue weighted by atomic mass is 16.6. The molecule has 76 valence electrons. The van der Waals surface area contributed by atoms with E-state index in [9.17, 15) is 4.79 Å². The van der Waals surface area contributed by atoms with Gasteiger partial charge in [0.05, 0.1) is 20.3 Å². The van der Waals surface area contributed by atoms with E-state index >= 15 is 0 Å². The highest BCUT2D eigenvalue weighted by molar-refractivity contribution is 5.81. The van der Waals surface area contributed by atoms with Crippen molar-refractivity contribution in [2.75, 3.05) is 33.4 Å². The summed E-state index contributed by atoms with van der Waals surface area (Å²) in [5.74, 6) is 0.0603. The first kappa shape index (κ1) is 10.4. The Hall–Kier alpha value is -0.650. The van der Waals surface area contributed by atoms with Crippen LogP contribution in [0, 0.1) is 0 Å². The van der Waals surface area contributed by atoms with Crippen LogP contribution in [-0.2, 0) is 14.4 Å². The lowest BCUT2D eigenvalue weighted by Crippen LogP contribution is -2.48. The zero-order valence-electron chi connectivity index (χ0n) is 8.08. The minimum Gasteiger partial charge on any atom is -0.378 e. The van der Waals surface area contributed by atoms with Crippen molar-refractivity contribution in [3.8, 4) is 0 Å². The van der Waals surface area contributed by atoms with Gasteiger partial charge in [0.25, 0.3) is 0 Å². The number of carbonyl (C=O) groups excluding carboxylic acids is 1. The third-order valence-electron chi connectivity index (χ3n) is 1.99. The molecule has 1 aliphatic heterocycles. The maximum absolute atomic E-state index is 11.6. The van der Waals surface area contributed by atoms with Gasteiger partial charge in [-0.25, -0.2) is 0 Å². The molecule has 0 aromatic carbocycles. The van der Waals surface area contributed by atoms with Gasteiger partial charge in [-0.2, -0.15) is 5.48 Å². The summed E-state index contributed by atoms with van der Waals surface area (Å²) in [6.45, 7) is 4.39. The van der Waals surface area contributed by atoms with E-state index in [1.807, 2.05) is 0 Å². The minimum absolute atomic E-state index is 0.0603. The van der Waals surface area contributed by atoms with Crippen molar-refractivity contribution in [2.24, 2.45) is 0 Å². The monoisotopic (exact) mass is 188 g/mol. The molecule has 1 saturated heterocycles. The first-order chi connectivity index (χ1) is 6.25. The van der Waals surface area contributed by atoms with E-state index in [4.69, 9.17) is 4.74 Å². The summed E-state index contributed by atoms with van der Waals surface area (Å²) >= 11 is 0. The number of amides is 1. The Bertz CT molecular complexity index is 169. The van der Waals surface area contributed by atoms with Crippen LogP contribution < -0.4 is 5.48 Å². The van der Waals surface area contributed by atoms with Crippen LogP contribution in [0.1, 0.15) is 6.92 Å². The molecule has 1 amide bonds. The van der Waals surface area contributed by atoms with Gasteiger partial charge in [0.15, 0.2) is 0 Å². The van der Waals surface area contributed by atoms with Crippen LogP contribution in [0.25, 0.3) is 0 Å². The van der Waals surface area contributed by atoms with Crippen LogP contribution in [0.2, 0.25) is 0 Å². The zero-order chi connectivity index (χ0) is 9.68. The second-order valence-corrected chi connectivity index (χ2v) is 2.98. The summed E-state index contributed by atoms with van der Waals surface area (Å²) in [6.07, 6.45) is 0. The van der Waals surface area contributed by atoms with Crippen LogP contribution in [-0.4, -0.2) is 50.3 Å².